The van der Waals surface area contributed by atoms with Gasteiger partial charge in [0.05, 0.1) is 5.52 Å². The van der Waals surface area contributed by atoms with Gasteiger partial charge in [0.1, 0.15) is 5.82 Å². The molecule has 2 aromatic rings. The fraction of sp³-hybridized carbons (Fsp3) is 0.455. The predicted molar refractivity (Wildman–Crippen MR) is 58.6 cm³/mol. The number of nitrogens with zero attached hydrogens (tertiary/aromatic N) is 2. The number of nitrogens with two attached hydrogens (primary N) is 1. The van der Waals surface area contributed by atoms with Crippen molar-refractivity contribution in [3.8, 4) is 0 Å². The molecule has 0 aliphatic heterocycles. The van der Waals surface area contributed by atoms with Crippen LogP contribution >= 0.6 is 0 Å². The summed E-state index contributed by atoms with van der Waals surface area (Å²) in [6, 6.07) is 2.14. The van der Waals surface area contributed by atoms with Crippen molar-refractivity contribution in [2.75, 3.05) is 6.54 Å². The SMILES string of the molecule is Cc1nc2ncc(C3(CN)CC3)cc2[nH]1. The van der Waals surface area contributed by atoms with Crippen LogP contribution < -0.4 is 5.73 Å². The number of nitrogens with one attached hydrogen (secondary N) is 1. The summed E-state index contributed by atoms with van der Waals surface area (Å²) in [5.74, 6) is 0.909. The molecule has 0 unspecified atom stereocenters. The summed E-state index contributed by atoms with van der Waals surface area (Å²) in [5, 5.41) is 0. The second-order valence-electron chi connectivity index (χ2n) is 4.40. The van der Waals surface area contributed by atoms with Crippen molar-refractivity contribution in [3.05, 3.63) is 23.7 Å². The average molecular weight is 202 g/mol. The highest BCUT2D eigenvalue weighted by molar-refractivity contribution is 5.71. The van der Waals surface area contributed by atoms with Gasteiger partial charge in [0.2, 0.25) is 0 Å². The minimum Gasteiger partial charge on any atom is -0.341 e. The van der Waals surface area contributed by atoms with Crippen LogP contribution in [0.1, 0.15) is 24.2 Å². The van der Waals surface area contributed by atoms with E-state index in [0.717, 1.165) is 17.0 Å². The average Bonchev–Trinajstić information content (AvgIpc) is 2.94. The van der Waals surface area contributed by atoms with E-state index >= 15 is 0 Å². The molecule has 3 N–H and O–H groups in total. The second-order valence-corrected chi connectivity index (χ2v) is 4.40. The normalized spacial score (nSPS) is 18.3. The van der Waals surface area contributed by atoms with Gasteiger partial charge < -0.3 is 10.7 Å². The van der Waals surface area contributed by atoms with E-state index in [0.29, 0.717) is 6.54 Å². The monoisotopic (exact) mass is 202 g/mol. The fourth-order valence-corrected chi connectivity index (χ4v) is 2.07. The third-order valence-corrected chi connectivity index (χ3v) is 3.31. The van der Waals surface area contributed by atoms with Crippen LogP contribution in [0.15, 0.2) is 12.3 Å². The number of aryl methyl sites for hydroxylation is 1. The molecular formula is C11H14N4. The first-order valence-electron chi connectivity index (χ1n) is 5.26. The summed E-state index contributed by atoms with van der Waals surface area (Å²) >= 11 is 0. The fourth-order valence-electron chi connectivity index (χ4n) is 2.07. The van der Waals surface area contributed by atoms with Crippen LogP contribution in [0.25, 0.3) is 11.2 Å². The summed E-state index contributed by atoms with van der Waals surface area (Å²) in [5.41, 5.74) is 9.07. The lowest BCUT2D eigenvalue weighted by Gasteiger charge is -2.11. The van der Waals surface area contributed by atoms with Gasteiger partial charge in [0.15, 0.2) is 5.65 Å². The summed E-state index contributed by atoms with van der Waals surface area (Å²) in [7, 11) is 0. The third-order valence-electron chi connectivity index (χ3n) is 3.31. The number of hydrogen-bond acceptors (Lipinski definition) is 3. The molecule has 4 heteroatoms. The maximum atomic E-state index is 5.80. The molecule has 0 saturated heterocycles. The Balaban J connectivity index is 2.13. The number of H-pyrrole nitrogens is 1. The molecule has 0 spiro atoms. The molecule has 78 valence electrons. The zero-order chi connectivity index (χ0) is 10.5. The third kappa shape index (κ3) is 1.25. The van der Waals surface area contributed by atoms with Crippen LogP contribution in [0.5, 0.6) is 0 Å². The number of rotatable bonds is 2. The molecule has 0 bridgehead atoms. The molecule has 1 aliphatic carbocycles. The molecule has 15 heavy (non-hydrogen) atoms. The zero-order valence-electron chi connectivity index (χ0n) is 8.75. The van der Waals surface area contributed by atoms with Gasteiger partial charge in [-0.05, 0) is 31.4 Å². The van der Waals surface area contributed by atoms with E-state index in [1.54, 1.807) is 0 Å². The Labute approximate surface area is 87.9 Å². The molecule has 0 atom stereocenters. The van der Waals surface area contributed by atoms with E-state index in [1.807, 2.05) is 13.1 Å². The molecule has 1 saturated carbocycles. The molecular weight excluding hydrogens is 188 g/mol. The summed E-state index contributed by atoms with van der Waals surface area (Å²) in [6.07, 6.45) is 4.29. The summed E-state index contributed by atoms with van der Waals surface area (Å²) in [4.78, 5) is 11.9. The van der Waals surface area contributed by atoms with Gasteiger partial charge in [-0.1, -0.05) is 0 Å². The Morgan fingerprint density at radius 1 is 1.53 bits per heavy atom. The van der Waals surface area contributed by atoms with Crippen LogP contribution in [-0.4, -0.2) is 21.5 Å². The maximum Gasteiger partial charge on any atom is 0.177 e. The minimum absolute atomic E-state index is 0.209. The Bertz CT molecular complexity index is 510. The Morgan fingerprint density at radius 2 is 2.33 bits per heavy atom. The topological polar surface area (TPSA) is 67.6 Å². The number of hydrogen-bond donors (Lipinski definition) is 2. The predicted octanol–water partition coefficient (Wildman–Crippen LogP) is 1.26. The molecule has 0 amide bonds. The van der Waals surface area contributed by atoms with Gasteiger partial charge in [0, 0.05) is 18.2 Å². The van der Waals surface area contributed by atoms with Crippen molar-refractivity contribution in [2.45, 2.75) is 25.2 Å². The van der Waals surface area contributed by atoms with Crippen LogP contribution in [0.3, 0.4) is 0 Å². The van der Waals surface area contributed by atoms with Crippen molar-refractivity contribution in [2.24, 2.45) is 5.73 Å². The van der Waals surface area contributed by atoms with E-state index < -0.39 is 0 Å². The Kier molecular flexibility index (Phi) is 1.65. The second kappa shape index (κ2) is 2.79. The highest BCUT2D eigenvalue weighted by Crippen LogP contribution is 2.47. The highest BCUT2D eigenvalue weighted by Gasteiger charge is 2.43. The van der Waals surface area contributed by atoms with Gasteiger partial charge in [-0.25, -0.2) is 9.97 Å². The molecule has 2 heterocycles. The van der Waals surface area contributed by atoms with Crippen LogP contribution in [-0.2, 0) is 5.41 Å². The van der Waals surface area contributed by atoms with Gasteiger partial charge in [-0.15, -0.1) is 0 Å². The van der Waals surface area contributed by atoms with E-state index in [-0.39, 0.29) is 5.41 Å². The lowest BCUT2D eigenvalue weighted by Crippen LogP contribution is -2.19. The first kappa shape index (κ1) is 8.85. The van der Waals surface area contributed by atoms with Crippen molar-refractivity contribution in [1.29, 1.82) is 0 Å². The lowest BCUT2D eigenvalue weighted by atomic mass is 9.98. The Hall–Kier alpha value is -1.42. The summed E-state index contributed by atoms with van der Waals surface area (Å²) < 4.78 is 0. The minimum atomic E-state index is 0.209. The van der Waals surface area contributed by atoms with Gasteiger partial charge >= 0.3 is 0 Å². The van der Waals surface area contributed by atoms with Crippen molar-refractivity contribution < 1.29 is 0 Å². The molecule has 4 nitrogen and oxygen atoms in total. The van der Waals surface area contributed by atoms with E-state index in [2.05, 4.69) is 21.0 Å². The number of aromatic nitrogens is 3. The molecule has 1 fully saturated rings. The lowest BCUT2D eigenvalue weighted by molar-refractivity contribution is 0.702. The number of imidazole rings is 1. The van der Waals surface area contributed by atoms with Gasteiger partial charge in [-0.3, -0.25) is 0 Å². The molecule has 1 aliphatic rings. The molecule has 2 aromatic heterocycles. The van der Waals surface area contributed by atoms with E-state index in [9.17, 15) is 0 Å². The smallest absolute Gasteiger partial charge is 0.177 e. The zero-order valence-corrected chi connectivity index (χ0v) is 8.75. The largest absolute Gasteiger partial charge is 0.341 e. The quantitative estimate of drug-likeness (QED) is 0.770. The van der Waals surface area contributed by atoms with E-state index in [1.165, 1.54) is 18.4 Å². The van der Waals surface area contributed by atoms with Crippen LogP contribution in [0, 0.1) is 6.92 Å². The number of aromatic amines is 1. The van der Waals surface area contributed by atoms with Crippen molar-refractivity contribution in [3.63, 3.8) is 0 Å². The highest BCUT2D eigenvalue weighted by atomic mass is 15.0. The van der Waals surface area contributed by atoms with Crippen LogP contribution in [0.2, 0.25) is 0 Å². The van der Waals surface area contributed by atoms with Crippen molar-refractivity contribution in [1.82, 2.24) is 15.0 Å². The molecule has 0 radical (unpaired) electrons. The van der Waals surface area contributed by atoms with Crippen molar-refractivity contribution >= 4 is 11.2 Å². The number of pyridine rings is 1. The van der Waals surface area contributed by atoms with Gasteiger partial charge in [-0.2, -0.15) is 0 Å². The molecule has 3 rings (SSSR count). The standard InChI is InChI=1S/C11H14N4/c1-7-14-9-4-8(5-13-10(9)15-7)11(6-12)2-3-11/h4-5H,2-3,6,12H2,1H3,(H,13,14,15). The van der Waals surface area contributed by atoms with E-state index in [4.69, 9.17) is 5.73 Å². The Morgan fingerprint density at radius 3 is 3.00 bits per heavy atom. The first-order valence-corrected chi connectivity index (χ1v) is 5.26. The first-order chi connectivity index (χ1) is 7.23. The number of fused-ring (bicyclic) bond motifs is 1. The maximum absolute atomic E-state index is 5.80. The van der Waals surface area contributed by atoms with Crippen LogP contribution in [0.4, 0.5) is 0 Å². The molecule has 0 aromatic carbocycles. The summed E-state index contributed by atoms with van der Waals surface area (Å²) in [6.45, 7) is 2.66. The van der Waals surface area contributed by atoms with Gasteiger partial charge in [0.25, 0.3) is 0 Å².